The van der Waals surface area contributed by atoms with Gasteiger partial charge in [-0.1, -0.05) is 37.4 Å². The summed E-state index contributed by atoms with van der Waals surface area (Å²) in [5.41, 5.74) is 0.659. The SMILES string of the molecule is C=CCOC(=O)CCC(NC(=O)Oc1ccc(CO)cc1)C(=O)OCC=C. The second-order valence-electron chi connectivity index (χ2n) is 5.32. The van der Waals surface area contributed by atoms with E-state index >= 15 is 0 Å². The quantitative estimate of drug-likeness (QED) is 0.447. The van der Waals surface area contributed by atoms with Crippen LogP contribution >= 0.6 is 0 Å². The molecule has 0 aliphatic heterocycles. The van der Waals surface area contributed by atoms with Crippen molar-refractivity contribution in [1.29, 1.82) is 0 Å². The number of ether oxygens (including phenoxy) is 3. The van der Waals surface area contributed by atoms with E-state index in [4.69, 9.17) is 19.3 Å². The number of hydrogen-bond donors (Lipinski definition) is 2. The lowest BCUT2D eigenvalue weighted by molar-refractivity contribution is -0.146. The fraction of sp³-hybridized carbons (Fsp3) is 0.316. The first-order valence-electron chi connectivity index (χ1n) is 8.22. The number of hydrogen-bond acceptors (Lipinski definition) is 7. The molecule has 0 aliphatic carbocycles. The molecule has 1 atom stereocenters. The third kappa shape index (κ3) is 8.68. The number of carbonyl (C=O) groups is 3. The number of rotatable bonds is 11. The van der Waals surface area contributed by atoms with Gasteiger partial charge in [0.05, 0.1) is 6.61 Å². The minimum Gasteiger partial charge on any atom is -0.461 e. The van der Waals surface area contributed by atoms with E-state index in [2.05, 4.69) is 18.5 Å². The summed E-state index contributed by atoms with van der Waals surface area (Å²) >= 11 is 0. The van der Waals surface area contributed by atoms with Crippen molar-refractivity contribution in [2.45, 2.75) is 25.5 Å². The van der Waals surface area contributed by atoms with Crippen molar-refractivity contribution in [1.82, 2.24) is 5.32 Å². The Labute approximate surface area is 157 Å². The number of aliphatic hydroxyl groups is 1. The maximum atomic E-state index is 12.1. The molecule has 0 aromatic heterocycles. The van der Waals surface area contributed by atoms with Crippen LogP contribution in [-0.4, -0.2) is 42.4 Å². The molecular formula is C19H23NO7. The Hall–Kier alpha value is -3.13. The molecule has 0 spiro atoms. The van der Waals surface area contributed by atoms with Crippen molar-refractivity contribution in [3.63, 3.8) is 0 Å². The summed E-state index contributed by atoms with van der Waals surface area (Å²) in [4.78, 5) is 35.7. The van der Waals surface area contributed by atoms with E-state index in [1.165, 1.54) is 24.3 Å². The second-order valence-corrected chi connectivity index (χ2v) is 5.32. The largest absolute Gasteiger partial charge is 0.461 e. The fourth-order valence-corrected chi connectivity index (χ4v) is 1.92. The molecule has 0 saturated carbocycles. The van der Waals surface area contributed by atoms with Gasteiger partial charge in [0.1, 0.15) is 25.0 Å². The van der Waals surface area contributed by atoms with Crippen molar-refractivity contribution in [2.75, 3.05) is 13.2 Å². The summed E-state index contributed by atoms with van der Waals surface area (Å²) in [6.45, 7) is 6.77. The summed E-state index contributed by atoms with van der Waals surface area (Å²) in [6.07, 6.45) is 1.80. The van der Waals surface area contributed by atoms with Crippen LogP contribution in [0, 0.1) is 0 Å². The average molecular weight is 377 g/mol. The normalized spacial score (nSPS) is 11.0. The molecule has 0 radical (unpaired) electrons. The zero-order chi connectivity index (χ0) is 20.1. The zero-order valence-electron chi connectivity index (χ0n) is 14.9. The molecule has 1 aromatic rings. The van der Waals surface area contributed by atoms with Gasteiger partial charge in [0, 0.05) is 6.42 Å². The van der Waals surface area contributed by atoms with Crippen molar-refractivity contribution < 1.29 is 33.7 Å². The lowest BCUT2D eigenvalue weighted by Crippen LogP contribution is -2.43. The molecule has 0 saturated heterocycles. The molecule has 1 rings (SSSR count). The van der Waals surface area contributed by atoms with Gasteiger partial charge in [-0.3, -0.25) is 4.79 Å². The van der Waals surface area contributed by atoms with Crippen molar-refractivity contribution in [3.8, 4) is 5.75 Å². The van der Waals surface area contributed by atoms with E-state index in [0.717, 1.165) is 0 Å². The smallest absolute Gasteiger partial charge is 0.413 e. The third-order valence-electron chi connectivity index (χ3n) is 3.24. The van der Waals surface area contributed by atoms with E-state index in [1.807, 2.05) is 0 Å². The Balaban J connectivity index is 2.65. The number of esters is 2. The first-order chi connectivity index (χ1) is 13.0. The summed E-state index contributed by atoms with van der Waals surface area (Å²) in [7, 11) is 0. The van der Waals surface area contributed by atoms with E-state index in [9.17, 15) is 14.4 Å². The molecule has 8 heteroatoms. The van der Waals surface area contributed by atoms with Crippen LogP contribution in [0.1, 0.15) is 18.4 Å². The maximum absolute atomic E-state index is 12.1. The average Bonchev–Trinajstić information content (AvgIpc) is 2.68. The summed E-state index contributed by atoms with van der Waals surface area (Å²) < 4.78 is 14.8. The molecule has 1 aromatic carbocycles. The minimum atomic E-state index is -1.09. The first kappa shape index (κ1) is 21.9. The van der Waals surface area contributed by atoms with E-state index < -0.39 is 24.1 Å². The zero-order valence-corrected chi connectivity index (χ0v) is 14.9. The molecule has 0 bridgehead atoms. The van der Waals surface area contributed by atoms with Gasteiger partial charge in [-0.25, -0.2) is 9.59 Å². The molecule has 0 fully saturated rings. The van der Waals surface area contributed by atoms with Gasteiger partial charge in [-0.2, -0.15) is 0 Å². The standard InChI is InChI=1S/C19H23NO7/c1-3-11-25-17(22)10-9-16(18(23)26-12-4-2)20-19(24)27-15-7-5-14(13-21)6-8-15/h3-8,16,21H,1-2,9-13H2,(H,20,24). The summed E-state index contributed by atoms with van der Waals surface area (Å²) in [5.74, 6) is -1.03. The highest BCUT2D eigenvalue weighted by Crippen LogP contribution is 2.13. The lowest BCUT2D eigenvalue weighted by Gasteiger charge is -2.17. The van der Waals surface area contributed by atoms with Crippen LogP contribution in [0.3, 0.4) is 0 Å². The monoisotopic (exact) mass is 377 g/mol. The van der Waals surface area contributed by atoms with Crippen molar-refractivity contribution in [3.05, 3.63) is 55.1 Å². The Kier molecular flexibility index (Phi) is 9.95. The molecule has 1 amide bonds. The van der Waals surface area contributed by atoms with Gasteiger partial charge in [-0.05, 0) is 24.1 Å². The van der Waals surface area contributed by atoms with E-state index in [-0.39, 0.29) is 38.4 Å². The lowest BCUT2D eigenvalue weighted by atomic mass is 10.1. The molecule has 146 valence electrons. The van der Waals surface area contributed by atoms with Crippen LogP contribution in [0.15, 0.2) is 49.6 Å². The first-order valence-corrected chi connectivity index (χ1v) is 8.22. The van der Waals surface area contributed by atoms with Gasteiger partial charge in [0.25, 0.3) is 0 Å². The Morgan fingerprint density at radius 2 is 1.70 bits per heavy atom. The topological polar surface area (TPSA) is 111 Å². The Bertz CT molecular complexity index is 655. The maximum Gasteiger partial charge on any atom is 0.413 e. The van der Waals surface area contributed by atoms with Gasteiger partial charge in [0.2, 0.25) is 0 Å². The van der Waals surface area contributed by atoms with Crippen molar-refractivity contribution >= 4 is 18.0 Å². The van der Waals surface area contributed by atoms with Gasteiger partial charge in [-0.15, -0.1) is 0 Å². The predicted molar refractivity (Wildman–Crippen MR) is 96.9 cm³/mol. The predicted octanol–water partition coefficient (Wildman–Crippen LogP) is 1.87. The third-order valence-corrected chi connectivity index (χ3v) is 3.24. The number of carbonyl (C=O) groups excluding carboxylic acids is 3. The van der Waals surface area contributed by atoms with Gasteiger partial charge in [0.15, 0.2) is 0 Å². The van der Waals surface area contributed by atoms with Crippen LogP contribution in [0.2, 0.25) is 0 Å². The number of nitrogens with one attached hydrogen (secondary N) is 1. The summed E-state index contributed by atoms with van der Waals surface area (Å²) in [5, 5.41) is 11.4. The van der Waals surface area contributed by atoms with Crippen LogP contribution < -0.4 is 10.1 Å². The van der Waals surface area contributed by atoms with Crippen LogP contribution in [0.25, 0.3) is 0 Å². The molecule has 0 heterocycles. The summed E-state index contributed by atoms with van der Waals surface area (Å²) in [6, 6.07) is 5.10. The molecule has 27 heavy (non-hydrogen) atoms. The molecule has 0 aliphatic rings. The van der Waals surface area contributed by atoms with Gasteiger partial charge < -0.3 is 24.6 Å². The molecular weight excluding hydrogens is 354 g/mol. The highest BCUT2D eigenvalue weighted by molar-refractivity contribution is 5.83. The van der Waals surface area contributed by atoms with Crippen LogP contribution in [0.4, 0.5) is 4.79 Å². The molecule has 1 unspecified atom stereocenters. The highest BCUT2D eigenvalue weighted by atomic mass is 16.6. The second kappa shape index (κ2) is 12.3. The number of aliphatic hydroxyl groups excluding tert-OH is 1. The highest BCUT2D eigenvalue weighted by Gasteiger charge is 2.24. The fourth-order valence-electron chi connectivity index (χ4n) is 1.92. The van der Waals surface area contributed by atoms with Crippen LogP contribution in [-0.2, 0) is 25.7 Å². The van der Waals surface area contributed by atoms with Crippen LogP contribution in [0.5, 0.6) is 5.75 Å². The minimum absolute atomic E-state index is 0.0233. The van der Waals surface area contributed by atoms with Crippen molar-refractivity contribution in [2.24, 2.45) is 0 Å². The molecule has 2 N–H and O–H groups in total. The van der Waals surface area contributed by atoms with E-state index in [1.54, 1.807) is 12.1 Å². The Morgan fingerprint density at radius 3 is 2.30 bits per heavy atom. The number of amides is 1. The Morgan fingerprint density at radius 1 is 1.07 bits per heavy atom. The van der Waals surface area contributed by atoms with Gasteiger partial charge >= 0.3 is 18.0 Å². The molecule has 8 nitrogen and oxygen atoms in total. The number of benzene rings is 1. The van der Waals surface area contributed by atoms with E-state index in [0.29, 0.717) is 5.56 Å².